The first-order chi connectivity index (χ1) is 12.7. The number of hydrogen-bond donors (Lipinski definition) is 1. The van der Waals surface area contributed by atoms with Crippen molar-refractivity contribution >= 4 is 11.6 Å². The van der Waals surface area contributed by atoms with Gasteiger partial charge in [-0.3, -0.25) is 9.69 Å². The van der Waals surface area contributed by atoms with Gasteiger partial charge in [-0.05, 0) is 38.2 Å². The second kappa shape index (κ2) is 8.58. The molecule has 1 N–H and O–H groups in total. The number of likely N-dealkylation sites (N-methyl/N-ethyl adjacent to an activating group) is 1. The maximum atomic E-state index is 12.3. The zero-order valence-corrected chi connectivity index (χ0v) is 15.1. The van der Waals surface area contributed by atoms with Crippen molar-refractivity contribution in [2.45, 2.75) is 13.0 Å². The summed E-state index contributed by atoms with van der Waals surface area (Å²) < 4.78 is 17.2. The third-order valence-corrected chi connectivity index (χ3v) is 3.96. The van der Waals surface area contributed by atoms with Crippen LogP contribution in [0, 0.1) is 0 Å². The highest BCUT2D eigenvalue weighted by molar-refractivity contribution is 5.93. The molecule has 1 amide bonds. The molecule has 0 aromatic heterocycles. The van der Waals surface area contributed by atoms with Crippen LogP contribution in [-0.4, -0.2) is 50.3 Å². The van der Waals surface area contributed by atoms with E-state index in [0.29, 0.717) is 31.2 Å². The maximum absolute atomic E-state index is 12.3. The van der Waals surface area contributed by atoms with Crippen molar-refractivity contribution in [3.8, 4) is 17.2 Å². The first-order valence-electron chi connectivity index (χ1n) is 8.74. The molecule has 1 atom stereocenters. The molecule has 1 aliphatic rings. The van der Waals surface area contributed by atoms with Crippen LogP contribution in [0.15, 0.2) is 48.5 Å². The normalized spacial score (nSPS) is 15.6. The molecule has 2 aromatic rings. The predicted octanol–water partition coefficient (Wildman–Crippen LogP) is 2.80. The summed E-state index contributed by atoms with van der Waals surface area (Å²) >= 11 is 0. The Kier molecular flexibility index (Phi) is 5.96. The number of rotatable bonds is 7. The number of para-hydroxylation sites is 4. The zero-order valence-electron chi connectivity index (χ0n) is 15.1. The number of carbonyl (C=O) groups excluding carboxylic acids is 1. The number of benzene rings is 2. The van der Waals surface area contributed by atoms with Crippen LogP contribution in [0.3, 0.4) is 0 Å². The lowest BCUT2D eigenvalue weighted by Gasteiger charge is -2.29. The molecule has 6 heteroatoms. The quantitative estimate of drug-likeness (QED) is 0.827. The number of carbonyl (C=O) groups is 1. The molecule has 0 saturated heterocycles. The smallest absolute Gasteiger partial charge is 0.238 e. The number of amides is 1. The zero-order chi connectivity index (χ0) is 18.4. The van der Waals surface area contributed by atoms with Gasteiger partial charge < -0.3 is 19.5 Å². The van der Waals surface area contributed by atoms with Crippen LogP contribution in [0.5, 0.6) is 17.2 Å². The molecule has 1 heterocycles. The van der Waals surface area contributed by atoms with Gasteiger partial charge in [-0.25, -0.2) is 0 Å². The number of nitrogens with one attached hydrogen (secondary N) is 1. The van der Waals surface area contributed by atoms with Crippen LogP contribution < -0.4 is 19.5 Å². The molecule has 0 fully saturated rings. The van der Waals surface area contributed by atoms with Gasteiger partial charge in [-0.1, -0.05) is 24.3 Å². The second-order valence-electron chi connectivity index (χ2n) is 6.17. The predicted molar refractivity (Wildman–Crippen MR) is 100 cm³/mol. The van der Waals surface area contributed by atoms with Crippen molar-refractivity contribution in [3.05, 3.63) is 48.5 Å². The van der Waals surface area contributed by atoms with Gasteiger partial charge in [0.05, 0.1) is 18.8 Å². The van der Waals surface area contributed by atoms with E-state index in [2.05, 4.69) is 5.32 Å². The lowest BCUT2D eigenvalue weighted by Crippen LogP contribution is -2.42. The van der Waals surface area contributed by atoms with Gasteiger partial charge in [0, 0.05) is 6.54 Å². The van der Waals surface area contributed by atoms with Crippen LogP contribution in [-0.2, 0) is 4.79 Å². The van der Waals surface area contributed by atoms with Crippen molar-refractivity contribution in [3.63, 3.8) is 0 Å². The van der Waals surface area contributed by atoms with E-state index >= 15 is 0 Å². The van der Waals surface area contributed by atoms with E-state index in [1.807, 2.05) is 67.4 Å². The van der Waals surface area contributed by atoms with Gasteiger partial charge in [-0.2, -0.15) is 0 Å². The van der Waals surface area contributed by atoms with Crippen molar-refractivity contribution < 1.29 is 19.0 Å². The van der Waals surface area contributed by atoms with E-state index in [1.54, 1.807) is 0 Å². The molecule has 0 unspecified atom stereocenters. The van der Waals surface area contributed by atoms with Crippen molar-refractivity contribution in [2.24, 2.45) is 0 Å². The van der Waals surface area contributed by atoms with Gasteiger partial charge in [0.2, 0.25) is 5.91 Å². The molecule has 1 aliphatic heterocycles. The van der Waals surface area contributed by atoms with Crippen molar-refractivity contribution in [1.29, 1.82) is 0 Å². The molecular formula is C20H24N2O4. The first kappa shape index (κ1) is 18.1. The molecule has 6 nitrogen and oxygen atoms in total. The van der Waals surface area contributed by atoms with Gasteiger partial charge >= 0.3 is 0 Å². The summed E-state index contributed by atoms with van der Waals surface area (Å²) in [5.41, 5.74) is 0.680. The van der Waals surface area contributed by atoms with E-state index in [4.69, 9.17) is 14.2 Å². The summed E-state index contributed by atoms with van der Waals surface area (Å²) in [6.45, 7) is 3.77. The summed E-state index contributed by atoms with van der Waals surface area (Å²) in [6.07, 6.45) is -0.113. The number of nitrogens with zero attached hydrogens (tertiary/aromatic N) is 1. The van der Waals surface area contributed by atoms with E-state index in [0.717, 1.165) is 11.5 Å². The molecule has 0 spiro atoms. The third kappa shape index (κ3) is 4.67. The average molecular weight is 356 g/mol. The molecule has 2 aromatic carbocycles. The molecular weight excluding hydrogens is 332 g/mol. The fourth-order valence-corrected chi connectivity index (χ4v) is 2.85. The van der Waals surface area contributed by atoms with Gasteiger partial charge in [0.15, 0.2) is 11.5 Å². The number of hydrogen-bond acceptors (Lipinski definition) is 5. The average Bonchev–Trinajstić information content (AvgIpc) is 2.63. The number of ether oxygens (including phenoxy) is 3. The minimum absolute atomic E-state index is 0.100. The summed E-state index contributed by atoms with van der Waals surface area (Å²) in [5, 5.41) is 2.90. The molecule has 0 aliphatic carbocycles. The fourth-order valence-electron chi connectivity index (χ4n) is 2.85. The molecule has 0 saturated carbocycles. The van der Waals surface area contributed by atoms with Crippen LogP contribution in [0.2, 0.25) is 0 Å². The molecule has 0 radical (unpaired) electrons. The highest BCUT2D eigenvalue weighted by atomic mass is 16.6. The Bertz CT molecular complexity index is 750. The minimum atomic E-state index is -0.113. The molecule has 138 valence electrons. The van der Waals surface area contributed by atoms with E-state index in [-0.39, 0.29) is 18.6 Å². The lowest BCUT2D eigenvalue weighted by atomic mass is 10.2. The van der Waals surface area contributed by atoms with Gasteiger partial charge in [0.1, 0.15) is 18.5 Å². The SMILES string of the molecule is CCOc1ccccc1NC(=O)CN(C)C[C@@H]1COc2ccccc2O1. The fraction of sp³-hybridized carbons (Fsp3) is 0.350. The van der Waals surface area contributed by atoms with Gasteiger partial charge in [0.25, 0.3) is 0 Å². The van der Waals surface area contributed by atoms with Crippen LogP contribution in [0.1, 0.15) is 6.92 Å². The molecule has 3 rings (SSSR count). The Hall–Kier alpha value is -2.73. The standard InChI is InChI=1S/C20H24N2O4/c1-3-24-17-9-5-4-8-16(17)21-20(23)13-22(2)12-15-14-25-18-10-6-7-11-19(18)26-15/h4-11,15H,3,12-14H2,1-2H3,(H,21,23)/t15-/m1/s1. The number of anilines is 1. The Morgan fingerprint density at radius 2 is 1.92 bits per heavy atom. The van der Waals surface area contributed by atoms with E-state index < -0.39 is 0 Å². The Labute approximate surface area is 153 Å². The van der Waals surface area contributed by atoms with Gasteiger partial charge in [-0.15, -0.1) is 0 Å². The first-order valence-corrected chi connectivity index (χ1v) is 8.74. The Morgan fingerprint density at radius 3 is 2.73 bits per heavy atom. The Balaban J connectivity index is 1.51. The largest absolute Gasteiger partial charge is 0.492 e. The summed E-state index contributed by atoms with van der Waals surface area (Å²) in [7, 11) is 1.89. The molecule has 26 heavy (non-hydrogen) atoms. The highest BCUT2D eigenvalue weighted by Crippen LogP contribution is 2.31. The maximum Gasteiger partial charge on any atom is 0.238 e. The second-order valence-corrected chi connectivity index (χ2v) is 6.17. The van der Waals surface area contributed by atoms with Crippen LogP contribution in [0.25, 0.3) is 0 Å². The lowest BCUT2D eigenvalue weighted by molar-refractivity contribution is -0.117. The topological polar surface area (TPSA) is 60.0 Å². The van der Waals surface area contributed by atoms with E-state index in [9.17, 15) is 4.79 Å². The molecule has 0 bridgehead atoms. The minimum Gasteiger partial charge on any atom is -0.492 e. The summed E-state index contributed by atoms with van der Waals surface area (Å²) in [6, 6.07) is 15.0. The summed E-state index contributed by atoms with van der Waals surface area (Å²) in [4.78, 5) is 14.3. The van der Waals surface area contributed by atoms with Crippen molar-refractivity contribution in [1.82, 2.24) is 4.90 Å². The Morgan fingerprint density at radius 1 is 1.19 bits per heavy atom. The van der Waals surface area contributed by atoms with E-state index in [1.165, 1.54) is 0 Å². The number of fused-ring (bicyclic) bond motifs is 1. The monoisotopic (exact) mass is 356 g/mol. The van der Waals surface area contributed by atoms with Crippen molar-refractivity contribution in [2.75, 3.05) is 38.7 Å². The van der Waals surface area contributed by atoms with Crippen LogP contribution >= 0.6 is 0 Å². The third-order valence-electron chi connectivity index (χ3n) is 3.96. The summed E-state index contributed by atoms with van der Waals surface area (Å²) in [5.74, 6) is 2.08. The van der Waals surface area contributed by atoms with Crippen LogP contribution in [0.4, 0.5) is 5.69 Å². The highest BCUT2D eigenvalue weighted by Gasteiger charge is 2.22.